The van der Waals surface area contributed by atoms with E-state index in [-0.39, 0.29) is 11.1 Å². The summed E-state index contributed by atoms with van der Waals surface area (Å²) in [6.45, 7) is 0. The molecule has 0 fully saturated rings. The molecule has 0 aliphatic heterocycles. The second-order valence-electron chi connectivity index (χ2n) is 2.97. The van der Waals surface area contributed by atoms with Gasteiger partial charge in [-0.2, -0.15) is 0 Å². The van der Waals surface area contributed by atoms with Crippen molar-refractivity contribution in [1.29, 1.82) is 0 Å². The molecule has 0 spiro atoms. The molecule has 1 heterocycles. The molecule has 0 saturated carbocycles. The van der Waals surface area contributed by atoms with Crippen molar-refractivity contribution in [2.45, 2.75) is 18.2 Å². The molecule has 0 aliphatic carbocycles. The fraction of sp³-hybridized carbons (Fsp3) is 0.333. The smallest absolute Gasteiger partial charge is 0.307 e. The predicted octanol–water partition coefficient (Wildman–Crippen LogP) is 3.15. The molecule has 1 rings (SSSR count). The summed E-state index contributed by atoms with van der Waals surface area (Å²) in [5.74, 6) is -1.13. The van der Waals surface area contributed by atoms with Crippen LogP contribution in [0.5, 0.6) is 0 Å². The lowest BCUT2D eigenvalue weighted by atomic mass is 10.0. The van der Waals surface area contributed by atoms with Crippen LogP contribution < -0.4 is 0 Å². The van der Waals surface area contributed by atoms with Crippen LogP contribution in [0.2, 0.25) is 0 Å². The first-order chi connectivity index (χ1) is 7.47. The summed E-state index contributed by atoms with van der Waals surface area (Å²) in [6, 6.07) is 0. The van der Waals surface area contributed by atoms with Gasteiger partial charge >= 0.3 is 5.97 Å². The maximum atomic E-state index is 12.7. The van der Waals surface area contributed by atoms with Gasteiger partial charge in [0, 0.05) is 17.1 Å². The van der Waals surface area contributed by atoms with Crippen LogP contribution in [0, 0.1) is 3.70 Å². The summed E-state index contributed by atoms with van der Waals surface area (Å²) in [5, 5.41) is 9.01. The van der Waals surface area contributed by atoms with Gasteiger partial charge in [-0.25, -0.2) is 13.8 Å². The zero-order chi connectivity index (χ0) is 12.3. The van der Waals surface area contributed by atoms with Gasteiger partial charge in [-0.1, -0.05) is 15.9 Å². The molecule has 0 unspecified atom stereocenters. The summed E-state index contributed by atoms with van der Waals surface area (Å²) in [5.41, 5.74) is 0.358. The number of carbonyl (C=O) groups is 1. The van der Waals surface area contributed by atoms with Crippen LogP contribution in [-0.4, -0.2) is 16.1 Å². The fourth-order valence-corrected chi connectivity index (χ4v) is 3.05. The lowest BCUT2D eigenvalue weighted by molar-refractivity contribution is -0.136. The van der Waals surface area contributed by atoms with Gasteiger partial charge in [0.2, 0.25) is 0 Å². The van der Waals surface area contributed by atoms with E-state index >= 15 is 0 Å². The Bertz CT molecular complexity index is 415. The Hall–Kier alpha value is -0.310. The second kappa shape index (κ2) is 5.85. The second-order valence-corrected chi connectivity index (χ2v) is 4.55. The lowest BCUT2D eigenvalue weighted by Crippen LogP contribution is -2.09. The number of nitrogens with zero attached hydrogens (tertiary/aromatic N) is 1. The number of halogens is 4. The van der Waals surface area contributed by atoms with Crippen LogP contribution in [0.4, 0.5) is 8.78 Å². The lowest BCUT2D eigenvalue weighted by Gasteiger charge is -2.12. The first kappa shape index (κ1) is 13.8. The van der Waals surface area contributed by atoms with Gasteiger partial charge in [0.15, 0.2) is 0 Å². The highest BCUT2D eigenvalue weighted by molar-refractivity contribution is 14.1. The van der Waals surface area contributed by atoms with Crippen molar-refractivity contribution in [3.63, 3.8) is 0 Å². The average molecular weight is 406 g/mol. The number of aromatic nitrogens is 1. The van der Waals surface area contributed by atoms with E-state index in [1.54, 1.807) is 0 Å². The zero-order valence-electron chi connectivity index (χ0n) is 7.88. The SMILES string of the molecule is O=C(O)Cc1c(C(F)F)cnc(I)c1CBr. The molecule has 1 aromatic heterocycles. The number of hydrogen-bond donors (Lipinski definition) is 1. The minimum absolute atomic E-state index is 0.152. The van der Waals surface area contributed by atoms with Crippen molar-refractivity contribution in [3.05, 3.63) is 26.6 Å². The van der Waals surface area contributed by atoms with Crippen molar-refractivity contribution >= 4 is 44.5 Å². The van der Waals surface area contributed by atoms with E-state index in [2.05, 4.69) is 20.9 Å². The van der Waals surface area contributed by atoms with Gasteiger partial charge in [-0.05, 0) is 33.7 Å². The number of alkyl halides is 3. The van der Waals surface area contributed by atoms with Gasteiger partial charge in [-0.15, -0.1) is 0 Å². The third-order valence-electron chi connectivity index (χ3n) is 1.98. The molecule has 0 aromatic carbocycles. The Morgan fingerprint density at radius 2 is 2.19 bits per heavy atom. The average Bonchev–Trinajstić information content (AvgIpc) is 2.16. The summed E-state index contributed by atoms with van der Waals surface area (Å²) in [6.07, 6.45) is -2.09. The molecule has 0 radical (unpaired) electrons. The Morgan fingerprint density at radius 1 is 1.56 bits per heavy atom. The van der Waals surface area contributed by atoms with Crippen LogP contribution in [0.3, 0.4) is 0 Å². The molecular formula is C9H7BrF2INO2. The summed E-state index contributed by atoms with van der Waals surface area (Å²) in [7, 11) is 0. The standard InChI is InChI=1S/C9H7BrF2INO2/c10-2-5-4(1-7(15)16)6(8(11)12)3-14-9(5)13/h3,8H,1-2H2,(H,15,16). The van der Waals surface area contributed by atoms with Crippen LogP contribution in [0.15, 0.2) is 6.20 Å². The quantitative estimate of drug-likeness (QED) is 0.475. The molecule has 88 valence electrons. The van der Waals surface area contributed by atoms with Crippen molar-refractivity contribution in [2.24, 2.45) is 0 Å². The summed E-state index contributed by atoms with van der Waals surface area (Å²) < 4.78 is 25.9. The topological polar surface area (TPSA) is 50.2 Å². The molecule has 0 saturated heterocycles. The molecule has 7 heteroatoms. The Balaban J connectivity index is 3.34. The molecule has 0 atom stereocenters. The number of pyridine rings is 1. The first-order valence-corrected chi connectivity index (χ1v) is 6.39. The van der Waals surface area contributed by atoms with E-state index in [4.69, 9.17) is 5.11 Å². The summed E-state index contributed by atoms with van der Waals surface area (Å²) in [4.78, 5) is 14.5. The molecule has 0 amide bonds. The third kappa shape index (κ3) is 3.09. The first-order valence-electron chi connectivity index (χ1n) is 4.19. The predicted molar refractivity (Wildman–Crippen MR) is 65.9 cm³/mol. The van der Waals surface area contributed by atoms with Gasteiger partial charge in [0.05, 0.1) is 6.42 Å². The van der Waals surface area contributed by atoms with Gasteiger partial charge in [0.1, 0.15) is 3.70 Å². The van der Waals surface area contributed by atoms with Crippen LogP contribution in [0.25, 0.3) is 0 Å². The summed E-state index contributed by atoms with van der Waals surface area (Å²) >= 11 is 5.04. The molecule has 3 nitrogen and oxygen atoms in total. The van der Waals surface area contributed by atoms with E-state index in [9.17, 15) is 13.6 Å². The van der Waals surface area contributed by atoms with Crippen molar-refractivity contribution in [1.82, 2.24) is 4.98 Å². The Morgan fingerprint density at radius 3 is 2.62 bits per heavy atom. The number of carboxylic acids is 1. The van der Waals surface area contributed by atoms with Crippen molar-refractivity contribution in [3.8, 4) is 0 Å². The van der Waals surface area contributed by atoms with Crippen molar-refractivity contribution in [2.75, 3.05) is 0 Å². The fourth-order valence-electron chi connectivity index (χ4n) is 1.26. The largest absolute Gasteiger partial charge is 0.481 e. The van der Waals surface area contributed by atoms with E-state index in [1.165, 1.54) is 0 Å². The van der Waals surface area contributed by atoms with Gasteiger partial charge in [-0.3, -0.25) is 4.79 Å². The zero-order valence-corrected chi connectivity index (χ0v) is 11.6. The van der Waals surface area contributed by atoms with Gasteiger partial charge < -0.3 is 5.11 Å². The van der Waals surface area contributed by atoms with E-state index in [0.717, 1.165) is 6.20 Å². The normalized spacial score (nSPS) is 10.8. The minimum Gasteiger partial charge on any atom is -0.481 e. The molecule has 1 N–H and O–H groups in total. The Kier molecular flexibility index (Phi) is 5.03. The maximum absolute atomic E-state index is 12.7. The van der Waals surface area contributed by atoms with E-state index < -0.39 is 18.8 Å². The molecular weight excluding hydrogens is 399 g/mol. The minimum atomic E-state index is -2.71. The van der Waals surface area contributed by atoms with Crippen LogP contribution in [-0.2, 0) is 16.5 Å². The highest BCUT2D eigenvalue weighted by Gasteiger charge is 2.20. The van der Waals surface area contributed by atoms with E-state index in [1.807, 2.05) is 22.6 Å². The highest BCUT2D eigenvalue weighted by atomic mass is 127. The molecule has 16 heavy (non-hydrogen) atoms. The molecule has 1 aromatic rings. The number of aliphatic carboxylic acids is 1. The monoisotopic (exact) mass is 405 g/mol. The highest BCUT2D eigenvalue weighted by Crippen LogP contribution is 2.28. The molecule has 0 bridgehead atoms. The van der Waals surface area contributed by atoms with Crippen LogP contribution >= 0.6 is 38.5 Å². The number of carboxylic acid groups (broad SMARTS) is 1. The Labute approximate surface area is 113 Å². The van der Waals surface area contributed by atoms with Crippen LogP contribution in [0.1, 0.15) is 23.1 Å². The third-order valence-corrected chi connectivity index (χ3v) is 3.47. The maximum Gasteiger partial charge on any atom is 0.307 e. The number of hydrogen-bond acceptors (Lipinski definition) is 2. The number of rotatable bonds is 4. The van der Waals surface area contributed by atoms with Crippen molar-refractivity contribution < 1.29 is 18.7 Å². The van der Waals surface area contributed by atoms with E-state index in [0.29, 0.717) is 14.6 Å². The van der Waals surface area contributed by atoms with Gasteiger partial charge in [0.25, 0.3) is 6.43 Å². The molecule has 0 aliphatic rings.